The van der Waals surface area contributed by atoms with Crippen LogP contribution in [-0.4, -0.2) is 59.2 Å². The van der Waals surface area contributed by atoms with Crippen molar-refractivity contribution in [3.05, 3.63) is 30.3 Å². The third-order valence-corrected chi connectivity index (χ3v) is 3.61. The Balaban J connectivity index is 1.85. The highest BCUT2D eigenvalue weighted by Gasteiger charge is 2.26. The van der Waals surface area contributed by atoms with Crippen LogP contribution >= 0.6 is 0 Å². The molecule has 7 heteroatoms. The number of oxime groups is 1. The predicted molar refractivity (Wildman–Crippen MR) is 78.5 cm³/mol. The smallest absolute Gasteiger partial charge is 0.410 e. The molecule has 114 valence electrons. The second-order valence-corrected chi connectivity index (χ2v) is 4.90. The summed E-state index contributed by atoms with van der Waals surface area (Å²) in [6, 6.07) is 8.84. The normalized spacial score (nSPS) is 18.3. The number of hydrogen-bond acceptors (Lipinski definition) is 5. The summed E-state index contributed by atoms with van der Waals surface area (Å²) < 4.78 is 5.30. The van der Waals surface area contributed by atoms with E-state index in [9.17, 15) is 4.79 Å². The van der Waals surface area contributed by atoms with Crippen molar-refractivity contribution in [1.29, 1.82) is 0 Å². The van der Waals surface area contributed by atoms with E-state index in [1.165, 1.54) is 0 Å². The van der Waals surface area contributed by atoms with Crippen LogP contribution in [0.3, 0.4) is 0 Å². The molecule has 1 fully saturated rings. The third kappa shape index (κ3) is 3.85. The lowest BCUT2D eigenvalue weighted by molar-refractivity contribution is 0.104. The van der Waals surface area contributed by atoms with Gasteiger partial charge in [0.2, 0.25) is 0 Å². The number of amidine groups is 1. The molecule has 0 aliphatic carbocycles. The fraction of sp³-hybridized carbons (Fsp3) is 0.429. The lowest BCUT2D eigenvalue weighted by Crippen LogP contribution is -2.54. The molecule has 1 unspecified atom stereocenters. The van der Waals surface area contributed by atoms with Gasteiger partial charge in [0, 0.05) is 26.2 Å². The van der Waals surface area contributed by atoms with Gasteiger partial charge in [0.25, 0.3) is 0 Å². The van der Waals surface area contributed by atoms with Gasteiger partial charge in [-0.05, 0) is 19.1 Å². The first kappa shape index (κ1) is 15.1. The minimum atomic E-state index is -0.350. The van der Waals surface area contributed by atoms with Crippen LogP contribution in [-0.2, 0) is 0 Å². The molecule has 2 rings (SSSR count). The molecule has 0 radical (unpaired) electrons. The first-order chi connectivity index (χ1) is 10.1. The van der Waals surface area contributed by atoms with E-state index in [4.69, 9.17) is 15.7 Å². The Hall–Kier alpha value is -2.28. The molecule has 1 aromatic carbocycles. The molecule has 0 aromatic heterocycles. The maximum absolute atomic E-state index is 12.0. The number of piperazine rings is 1. The standard InChI is InChI=1S/C14H20N4O3/c1-11(13(15)16-20)17-7-9-18(10-8-17)14(19)21-12-5-3-2-4-6-12/h2-6,11,20H,7-10H2,1H3,(H2,15,16). The van der Waals surface area contributed by atoms with Gasteiger partial charge in [0.05, 0.1) is 6.04 Å². The number of carbonyl (C=O) groups excluding carboxylic acids is 1. The van der Waals surface area contributed by atoms with Gasteiger partial charge >= 0.3 is 6.09 Å². The topological polar surface area (TPSA) is 91.4 Å². The summed E-state index contributed by atoms with van der Waals surface area (Å²) in [5.74, 6) is 0.713. The van der Waals surface area contributed by atoms with Crippen molar-refractivity contribution in [2.24, 2.45) is 10.9 Å². The number of nitrogens with two attached hydrogens (primary N) is 1. The van der Waals surface area contributed by atoms with E-state index in [1.54, 1.807) is 17.0 Å². The Morgan fingerprint density at radius 2 is 1.90 bits per heavy atom. The van der Waals surface area contributed by atoms with Crippen molar-refractivity contribution in [2.75, 3.05) is 26.2 Å². The molecule has 1 aliphatic rings. The summed E-state index contributed by atoms with van der Waals surface area (Å²) >= 11 is 0. The fourth-order valence-electron chi connectivity index (χ4n) is 2.22. The van der Waals surface area contributed by atoms with Gasteiger partial charge in [0.15, 0.2) is 5.84 Å². The zero-order valence-corrected chi connectivity index (χ0v) is 12.0. The van der Waals surface area contributed by atoms with Gasteiger partial charge in [-0.2, -0.15) is 0 Å². The van der Waals surface area contributed by atoms with Crippen LogP contribution in [0.1, 0.15) is 6.92 Å². The van der Waals surface area contributed by atoms with E-state index in [2.05, 4.69) is 10.1 Å². The molecule has 0 spiro atoms. The summed E-state index contributed by atoms with van der Waals surface area (Å²) in [5.41, 5.74) is 5.60. The first-order valence-electron chi connectivity index (χ1n) is 6.85. The number of hydrogen-bond donors (Lipinski definition) is 2. The molecule has 1 heterocycles. The maximum Gasteiger partial charge on any atom is 0.415 e. The Morgan fingerprint density at radius 1 is 1.29 bits per heavy atom. The van der Waals surface area contributed by atoms with Crippen LogP contribution in [0.4, 0.5) is 4.79 Å². The zero-order chi connectivity index (χ0) is 15.2. The van der Waals surface area contributed by atoms with Crippen molar-refractivity contribution < 1.29 is 14.7 Å². The molecule has 1 saturated heterocycles. The second-order valence-electron chi connectivity index (χ2n) is 4.90. The first-order valence-corrected chi connectivity index (χ1v) is 6.85. The van der Waals surface area contributed by atoms with Crippen molar-refractivity contribution >= 4 is 11.9 Å². The number of ether oxygens (including phenoxy) is 1. The van der Waals surface area contributed by atoms with E-state index in [-0.39, 0.29) is 18.0 Å². The van der Waals surface area contributed by atoms with E-state index in [1.807, 2.05) is 25.1 Å². The molecular weight excluding hydrogens is 272 g/mol. The molecule has 1 aromatic rings. The lowest BCUT2D eigenvalue weighted by atomic mass is 10.2. The van der Waals surface area contributed by atoms with E-state index >= 15 is 0 Å². The Morgan fingerprint density at radius 3 is 2.48 bits per heavy atom. The third-order valence-electron chi connectivity index (χ3n) is 3.61. The van der Waals surface area contributed by atoms with Crippen LogP contribution in [0.25, 0.3) is 0 Å². The van der Waals surface area contributed by atoms with Gasteiger partial charge in [-0.1, -0.05) is 23.4 Å². The van der Waals surface area contributed by atoms with Crippen LogP contribution in [0, 0.1) is 0 Å². The Labute approximate surface area is 123 Å². The minimum Gasteiger partial charge on any atom is -0.410 e. The van der Waals surface area contributed by atoms with E-state index in [0.29, 0.717) is 31.9 Å². The average Bonchev–Trinajstić information content (AvgIpc) is 2.54. The highest BCUT2D eigenvalue weighted by atomic mass is 16.6. The number of benzene rings is 1. The van der Waals surface area contributed by atoms with E-state index in [0.717, 1.165) is 0 Å². The summed E-state index contributed by atoms with van der Waals surface area (Å²) in [5, 5.41) is 11.7. The van der Waals surface area contributed by atoms with Crippen LogP contribution in [0.5, 0.6) is 5.75 Å². The van der Waals surface area contributed by atoms with Gasteiger partial charge in [-0.15, -0.1) is 0 Å². The van der Waals surface area contributed by atoms with Crippen molar-refractivity contribution in [3.8, 4) is 5.75 Å². The molecule has 0 bridgehead atoms. The summed E-state index contributed by atoms with van der Waals surface area (Å²) in [7, 11) is 0. The predicted octanol–water partition coefficient (Wildman–Crippen LogP) is 0.938. The number of carbonyl (C=O) groups is 1. The van der Waals surface area contributed by atoms with Gasteiger partial charge in [-0.3, -0.25) is 4.90 Å². The lowest BCUT2D eigenvalue weighted by Gasteiger charge is -2.36. The summed E-state index contributed by atoms with van der Waals surface area (Å²) in [4.78, 5) is 15.7. The van der Waals surface area contributed by atoms with Gasteiger partial charge in [-0.25, -0.2) is 4.79 Å². The van der Waals surface area contributed by atoms with Crippen LogP contribution < -0.4 is 10.5 Å². The molecule has 21 heavy (non-hydrogen) atoms. The second kappa shape index (κ2) is 6.94. The largest absolute Gasteiger partial charge is 0.415 e. The van der Waals surface area contributed by atoms with Crippen molar-refractivity contribution in [2.45, 2.75) is 13.0 Å². The SMILES string of the molecule is CC(C(N)=NO)N1CCN(C(=O)Oc2ccccc2)CC1. The Kier molecular flexibility index (Phi) is 4.99. The quantitative estimate of drug-likeness (QED) is 0.374. The highest BCUT2D eigenvalue weighted by Crippen LogP contribution is 2.12. The Bertz CT molecular complexity index is 498. The summed E-state index contributed by atoms with van der Waals surface area (Å²) in [6.45, 7) is 4.28. The molecule has 1 atom stereocenters. The summed E-state index contributed by atoms with van der Waals surface area (Å²) in [6.07, 6.45) is -0.350. The maximum atomic E-state index is 12.0. The number of nitrogens with zero attached hydrogens (tertiary/aromatic N) is 3. The fourth-order valence-corrected chi connectivity index (χ4v) is 2.22. The highest BCUT2D eigenvalue weighted by molar-refractivity contribution is 5.84. The molecule has 1 aliphatic heterocycles. The number of rotatable bonds is 3. The van der Waals surface area contributed by atoms with Crippen molar-refractivity contribution in [3.63, 3.8) is 0 Å². The zero-order valence-electron chi connectivity index (χ0n) is 12.0. The molecular formula is C14H20N4O3. The average molecular weight is 292 g/mol. The van der Waals surface area contributed by atoms with Gasteiger partial charge < -0.3 is 20.6 Å². The van der Waals surface area contributed by atoms with Crippen molar-refractivity contribution in [1.82, 2.24) is 9.80 Å². The van der Waals surface area contributed by atoms with Crippen LogP contribution in [0.2, 0.25) is 0 Å². The number of amides is 1. The molecule has 0 saturated carbocycles. The number of para-hydroxylation sites is 1. The van der Waals surface area contributed by atoms with E-state index < -0.39 is 0 Å². The molecule has 7 nitrogen and oxygen atoms in total. The minimum absolute atomic E-state index is 0.151. The molecule has 1 amide bonds. The monoisotopic (exact) mass is 292 g/mol. The van der Waals surface area contributed by atoms with Gasteiger partial charge in [0.1, 0.15) is 5.75 Å². The molecule has 3 N–H and O–H groups in total. The van der Waals surface area contributed by atoms with Crippen LogP contribution in [0.15, 0.2) is 35.5 Å².